The summed E-state index contributed by atoms with van der Waals surface area (Å²) >= 11 is 0. The van der Waals surface area contributed by atoms with Gasteiger partial charge in [-0.3, -0.25) is 9.10 Å². The number of hydrogen-bond donors (Lipinski definition) is 1. The summed E-state index contributed by atoms with van der Waals surface area (Å²) in [6.07, 6.45) is 0. The van der Waals surface area contributed by atoms with Crippen molar-refractivity contribution in [1.82, 2.24) is 4.98 Å². The number of rotatable bonds is 5. The van der Waals surface area contributed by atoms with E-state index in [1.165, 1.54) is 23.5 Å². The largest absolute Gasteiger partial charge is 0.321 e. The van der Waals surface area contributed by atoms with E-state index in [9.17, 15) is 13.2 Å². The number of amides is 1. The molecule has 4 rings (SSSR count). The van der Waals surface area contributed by atoms with E-state index < -0.39 is 15.9 Å². The maximum absolute atomic E-state index is 13.0. The first-order chi connectivity index (χ1) is 14.4. The second-order valence-electron chi connectivity index (χ2n) is 6.68. The minimum atomic E-state index is -3.78. The number of anilines is 2. The van der Waals surface area contributed by atoms with Crippen molar-refractivity contribution in [3.63, 3.8) is 0 Å². The molecule has 0 unspecified atom stereocenters. The first kappa shape index (κ1) is 19.6. The second kappa shape index (κ2) is 7.96. The maximum Gasteiger partial charge on any atom is 0.274 e. The molecule has 150 valence electrons. The van der Waals surface area contributed by atoms with Crippen LogP contribution in [-0.4, -0.2) is 26.4 Å². The van der Waals surface area contributed by atoms with E-state index in [1.807, 2.05) is 36.4 Å². The van der Waals surface area contributed by atoms with E-state index in [-0.39, 0.29) is 10.6 Å². The SMILES string of the molecule is CN(c1ccccc1)S(=O)(=O)c1cccc(NC(=O)c2ccc3ccccc3n2)c1. The van der Waals surface area contributed by atoms with Gasteiger partial charge in [-0.25, -0.2) is 13.4 Å². The van der Waals surface area contributed by atoms with Crippen LogP contribution in [0.3, 0.4) is 0 Å². The van der Waals surface area contributed by atoms with Gasteiger partial charge in [0, 0.05) is 18.1 Å². The van der Waals surface area contributed by atoms with Gasteiger partial charge in [-0.1, -0.05) is 48.5 Å². The summed E-state index contributed by atoms with van der Waals surface area (Å²) in [4.78, 5) is 17.1. The molecule has 0 aliphatic carbocycles. The Bertz CT molecular complexity index is 1320. The van der Waals surface area contributed by atoms with Crippen LogP contribution in [0.2, 0.25) is 0 Å². The molecule has 6 nitrogen and oxygen atoms in total. The second-order valence-corrected chi connectivity index (χ2v) is 8.65. The molecule has 0 fully saturated rings. The van der Waals surface area contributed by atoms with Crippen LogP contribution in [0.4, 0.5) is 11.4 Å². The predicted octanol–water partition coefficient (Wildman–Crippen LogP) is 4.31. The molecular weight excluding hydrogens is 398 g/mol. The monoisotopic (exact) mass is 417 g/mol. The third-order valence-corrected chi connectivity index (χ3v) is 6.48. The van der Waals surface area contributed by atoms with E-state index in [0.29, 0.717) is 16.9 Å². The van der Waals surface area contributed by atoms with Crippen LogP contribution in [0.5, 0.6) is 0 Å². The van der Waals surface area contributed by atoms with Gasteiger partial charge >= 0.3 is 0 Å². The fraction of sp³-hybridized carbons (Fsp3) is 0.0435. The number of sulfonamides is 1. The van der Waals surface area contributed by atoms with Crippen LogP contribution >= 0.6 is 0 Å². The van der Waals surface area contributed by atoms with Crippen LogP contribution in [0.1, 0.15) is 10.5 Å². The average molecular weight is 417 g/mol. The number of pyridine rings is 1. The molecule has 0 saturated heterocycles. The molecule has 0 aliphatic heterocycles. The molecule has 4 aromatic rings. The normalized spacial score (nSPS) is 11.2. The first-order valence-corrected chi connectivity index (χ1v) is 10.7. The van der Waals surface area contributed by atoms with E-state index >= 15 is 0 Å². The molecule has 30 heavy (non-hydrogen) atoms. The topological polar surface area (TPSA) is 79.4 Å². The molecule has 7 heteroatoms. The van der Waals surface area contributed by atoms with Gasteiger partial charge < -0.3 is 5.32 Å². The number of carbonyl (C=O) groups excluding carboxylic acids is 1. The maximum atomic E-state index is 13.0. The minimum Gasteiger partial charge on any atom is -0.321 e. The highest BCUT2D eigenvalue weighted by molar-refractivity contribution is 7.92. The number of hydrogen-bond acceptors (Lipinski definition) is 4. The molecule has 0 radical (unpaired) electrons. The summed E-state index contributed by atoms with van der Waals surface area (Å²) in [6.45, 7) is 0. The van der Waals surface area contributed by atoms with Crippen LogP contribution in [0.25, 0.3) is 10.9 Å². The van der Waals surface area contributed by atoms with E-state index in [2.05, 4.69) is 10.3 Å². The Morgan fingerprint density at radius 1 is 0.867 bits per heavy atom. The zero-order valence-corrected chi connectivity index (χ0v) is 17.0. The molecular formula is C23H19N3O3S. The summed E-state index contributed by atoms with van der Waals surface area (Å²) in [5, 5.41) is 3.67. The van der Waals surface area contributed by atoms with Crippen molar-refractivity contribution in [2.24, 2.45) is 0 Å². The van der Waals surface area contributed by atoms with Crippen molar-refractivity contribution < 1.29 is 13.2 Å². The summed E-state index contributed by atoms with van der Waals surface area (Å²) in [6, 6.07) is 25.9. The Morgan fingerprint density at radius 3 is 2.40 bits per heavy atom. The molecule has 1 heterocycles. The molecule has 0 spiro atoms. The number of nitrogens with zero attached hydrogens (tertiary/aromatic N) is 2. The third-order valence-electron chi connectivity index (χ3n) is 4.70. The molecule has 0 atom stereocenters. The summed E-state index contributed by atoms with van der Waals surface area (Å²) in [7, 11) is -2.28. The summed E-state index contributed by atoms with van der Waals surface area (Å²) in [5.41, 5.74) is 1.89. The number of fused-ring (bicyclic) bond motifs is 1. The van der Waals surface area contributed by atoms with Crippen LogP contribution in [0.15, 0.2) is 95.9 Å². The highest BCUT2D eigenvalue weighted by atomic mass is 32.2. The predicted molar refractivity (Wildman–Crippen MR) is 118 cm³/mol. The molecule has 1 aromatic heterocycles. The number of aromatic nitrogens is 1. The smallest absolute Gasteiger partial charge is 0.274 e. The van der Waals surface area contributed by atoms with Crippen LogP contribution in [-0.2, 0) is 10.0 Å². The van der Waals surface area contributed by atoms with Gasteiger partial charge in [0.1, 0.15) is 5.69 Å². The van der Waals surface area contributed by atoms with Gasteiger partial charge in [-0.2, -0.15) is 0 Å². The quantitative estimate of drug-likeness (QED) is 0.525. The van der Waals surface area contributed by atoms with E-state index in [1.54, 1.807) is 42.5 Å². The zero-order valence-electron chi connectivity index (χ0n) is 16.2. The average Bonchev–Trinajstić information content (AvgIpc) is 2.79. The number of nitrogens with one attached hydrogen (secondary N) is 1. The van der Waals surface area contributed by atoms with Gasteiger partial charge in [-0.05, 0) is 42.5 Å². The Kier molecular flexibility index (Phi) is 5.20. The first-order valence-electron chi connectivity index (χ1n) is 9.26. The van der Waals surface area contributed by atoms with Crippen LogP contribution < -0.4 is 9.62 Å². The van der Waals surface area contributed by atoms with Crippen molar-refractivity contribution in [1.29, 1.82) is 0 Å². The summed E-state index contributed by atoms with van der Waals surface area (Å²) in [5.74, 6) is -0.410. The zero-order chi connectivity index (χ0) is 21.1. The van der Waals surface area contributed by atoms with Crippen molar-refractivity contribution in [3.05, 3.63) is 96.7 Å². The van der Waals surface area contributed by atoms with Gasteiger partial charge in [0.25, 0.3) is 15.9 Å². The van der Waals surface area contributed by atoms with Gasteiger partial charge in [0.05, 0.1) is 16.1 Å². The Balaban J connectivity index is 1.59. The molecule has 0 aliphatic rings. The Hall–Kier alpha value is -3.71. The fourth-order valence-corrected chi connectivity index (χ4v) is 4.30. The number of para-hydroxylation sites is 2. The number of carbonyl (C=O) groups is 1. The highest BCUT2D eigenvalue weighted by Crippen LogP contribution is 2.24. The Labute approximate surface area is 174 Å². The molecule has 0 saturated carbocycles. The molecule has 1 amide bonds. The lowest BCUT2D eigenvalue weighted by Gasteiger charge is -2.19. The molecule has 0 bridgehead atoms. The molecule has 1 N–H and O–H groups in total. The standard InChI is InChI=1S/C23H19N3O3S/c1-26(19-10-3-2-4-11-19)30(28,29)20-12-7-9-18(16-20)24-23(27)22-15-14-17-8-5-6-13-21(17)25-22/h2-16H,1H3,(H,24,27). The lowest BCUT2D eigenvalue weighted by Crippen LogP contribution is -2.26. The minimum absolute atomic E-state index is 0.0816. The fourth-order valence-electron chi connectivity index (χ4n) is 3.06. The lowest BCUT2D eigenvalue weighted by atomic mass is 10.2. The van der Waals surface area contributed by atoms with E-state index in [4.69, 9.17) is 0 Å². The van der Waals surface area contributed by atoms with Gasteiger partial charge in [0.2, 0.25) is 0 Å². The van der Waals surface area contributed by atoms with Crippen LogP contribution in [0, 0.1) is 0 Å². The summed E-state index contributed by atoms with van der Waals surface area (Å²) < 4.78 is 27.2. The third kappa shape index (κ3) is 3.88. The van der Waals surface area contributed by atoms with Crippen molar-refractivity contribution in [2.75, 3.05) is 16.7 Å². The van der Waals surface area contributed by atoms with Crippen molar-refractivity contribution in [2.45, 2.75) is 4.90 Å². The van der Waals surface area contributed by atoms with Gasteiger partial charge in [0.15, 0.2) is 0 Å². The molecule has 3 aromatic carbocycles. The van der Waals surface area contributed by atoms with Crippen molar-refractivity contribution >= 4 is 38.2 Å². The highest BCUT2D eigenvalue weighted by Gasteiger charge is 2.21. The van der Waals surface area contributed by atoms with Crippen molar-refractivity contribution in [3.8, 4) is 0 Å². The Morgan fingerprint density at radius 2 is 1.60 bits per heavy atom. The number of benzene rings is 3. The van der Waals surface area contributed by atoms with E-state index in [0.717, 1.165) is 5.39 Å². The lowest BCUT2D eigenvalue weighted by molar-refractivity contribution is 0.102. The van der Waals surface area contributed by atoms with Gasteiger partial charge in [-0.15, -0.1) is 0 Å².